The Kier molecular flexibility index (Phi) is 3.12. The Balaban J connectivity index is 1.97. The number of carbonyl (C=O) groups is 1. The first-order valence-electron chi connectivity index (χ1n) is 5.94. The number of nitrogens with two attached hydrogens (primary N) is 1. The second kappa shape index (κ2) is 4.79. The van der Waals surface area contributed by atoms with Crippen LogP contribution >= 0.6 is 15.9 Å². The van der Waals surface area contributed by atoms with Gasteiger partial charge in [0.25, 0.3) is 0 Å². The fraction of sp³-hybridized carbons (Fsp3) is 0.133. The highest BCUT2D eigenvalue weighted by Crippen LogP contribution is 2.24. The molecule has 0 radical (unpaired) electrons. The van der Waals surface area contributed by atoms with E-state index in [2.05, 4.69) is 15.9 Å². The predicted molar refractivity (Wildman–Crippen MR) is 76.9 cm³/mol. The van der Waals surface area contributed by atoms with E-state index in [-0.39, 0.29) is 5.78 Å². The third-order valence-electron chi connectivity index (χ3n) is 3.24. The third kappa shape index (κ3) is 2.29. The van der Waals surface area contributed by atoms with Crippen LogP contribution in [0.3, 0.4) is 0 Å². The zero-order valence-electron chi connectivity index (χ0n) is 10.2. The van der Waals surface area contributed by atoms with Gasteiger partial charge in [0, 0.05) is 21.3 Å². The summed E-state index contributed by atoms with van der Waals surface area (Å²) in [6.07, 6.45) is 0. The van der Waals surface area contributed by atoms with Crippen LogP contribution in [0.1, 0.15) is 27.0 Å². The molecule has 0 bridgehead atoms. The molecule has 0 aliphatic carbocycles. The number of ether oxygens (including phenoxy) is 1. The van der Waals surface area contributed by atoms with E-state index in [9.17, 15) is 4.79 Å². The topological polar surface area (TPSA) is 52.3 Å². The second-order valence-corrected chi connectivity index (χ2v) is 5.40. The van der Waals surface area contributed by atoms with Crippen molar-refractivity contribution in [2.75, 3.05) is 5.73 Å². The van der Waals surface area contributed by atoms with Crippen molar-refractivity contribution in [1.29, 1.82) is 0 Å². The molecule has 0 aromatic heterocycles. The second-order valence-electron chi connectivity index (χ2n) is 4.54. The lowest BCUT2D eigenvalue weighted by Gasteiger charge is -2.05. The van der Waals surface area contributed by atoms with E-state index in [1.54, 1.807) is 18.2 Å². The zero-order chi connectivity index (χ0) is 13.4. The van der Waals surface area contributed by atoms with E-state index in [0.29, 0.717) is 30.0 Å². The monoisotopic (exact) mass is 317 g/mol. The van der Waals surface area contributed by atoms with Crippen molar-refractivity contribution in [3.63, 3.8) is 0 Å². The number of rotatable bonds is 2. The molecule has 0 saturated heterocycles. The summed E-state index contributed by atoms with van der Waals surface area (Å²) in [5.74, 6) is -0.0195. The van der Waals surface area contributed by atoms with E-state index in [1.807, 2.05) is 18.2 Å². The Hall–Kier alpha value is -1.65. The van der Waals surface area contributed by atoms with Crippen LogP contribution in [0.4, 0.5) is 5.69 Å². The molecule has 3 rings (SSSR count). The Labute approximate surface area is 119 Å². The normalized spacial score (nSPS) is 13.3. The Morgan fingerprint density at radius 2 is 1.74 bits per heavy atom. The molecule has 2 N–H and O–H groups in total. The maximum atomic E-state index is 12.4. The van der Waals surface area contributed by atoms with Gasteiger partial charge in [-0.3, -0.25) is 4.79 Å². The number of carbonyl (C=O) groups excluding carboxylic acids is 1. The summed E-state index contributed by atoms with van der Waals surface area (Å²) in [7, 11) is 0. The summed E-state index contributed by atoms with van der Waals surface area (Å²) in [5, 5.41) is 0. The smallest absolute Gasteiger partial charge is 0.193 e. The maximum Gasteiger partial charge on any atom is 0.193 e. The number of halogens is 1. The van der Waals surface area contributed by atoms with Gasteiger partial charge in [0.1, 0.15) is 0 Å². The molecule has 0 atom stereocenters. The minimum absolute atomic E-state index is 0.0195. The summed E-state index contributed by atoms with van der Waals surface area (Å²) in [6.45, 7) is 1.22. The molecule has 19 heavy (non-hydrogen) atoms. The van der Waals surface area contributed by atoms with E-state index in [1.165, 1.54) is 0 Å². The van der Waals surface area contributed by atoms with Crippen LogP contribution in [0.5, 0.6) is 0 Å². The lowest BCUT2D eigenvalue weighted by atomic mass is 9.99. The van der Waals surface area contributed by atoms with Gasteiger partial charge in [0.2, 0.25) is 0 Å². The van der Waals surface area contributed by atoms with Gasteiger partial charge in [0.15, 0.2) is 5.78 Å². The molecule has 96 valence electrons. The number of hydrogen-bond donors (Lipinski definition) is 1. The molecule has 1 aliphatic rings. The van der Waals surface area contributed by atoms with Crippen LogP contribution in [-0.2, 0) is 18.0 Å². The standard InChI is InChI=1S/C15H12BrNO2/c16-13-4-3-10(6-14(13)17)15(18)9-1-2-11-7-19-8-12(11)5-9/h1-6H,7-8,17H2. The quantitative estimate of drug-likeness (QED) is 0.683. The first-order valence-corrected chi connectivity index (χ1v) is 6.74. The van der Waals surface area contributed by atoms with Gasteiger partial charge in [-0.2, -0.15) is 0 Å². The molecule has 1 aliphatic heterocycles. The summed E-state index contributed by atoms with van der Waals surface area (Å²) in [5.41, 5.74) is 9.89. The highest BCUT2D eigenvalue weighted by atomic mass is 79.9. The average Bonchev–Trinajstić information content (AvgIpc) is 2.88. The highest BCUT2D eigenvalue weighted by molar-refractivity contribution is 9.10. The first kappa shape index (κ1) is 12.4. The summed E-state index contributed by atoms with van der Waals surface area (Å²) < 4.78 is 6.15. The van der Waals surface area contributed by atoms with Gasteiger partial charge >= 0.3 is 0 Å². The summed E-state index contributed by atoms with van der Waals surface area (Å²) in [4.78, 5) is 12.4. The molecule has 0 amide bonds. The van der Waals surface area contributed by atoms with E-state index < -0.39 is 0 Å². The molecule has 0 fully saturated rings. The molecule has 0 saturated carbocycles. The van der Waals surface area contributed by atoms with Crippen molar-refractivity contribution < 1.29 is 9.53 Å². The number of anilines is 1. The highest BCUT2D eigenvalue weighted by Gasteiger charge is 2.15. The van der Waals surface area contributed by atoms with Crippen molar-refractivity contribution in [1.82, 2.24) is 0 Å². The number of fused-ring (bicyclic) bond motifs is 1. The van der Waals surface area contributed by atoms with Crippen LogP contribution in [0.25, 0.3) is 0 Å². The lowest BCUT2D eigenvalue weighted by molar-refractivity contribution is 0.103. The average molecular weight is 318 g/mol. The largest absolute Gasteiger partial charge is 0.398 e. The molecular formula is C15H12BrNO2. The predicted octanol–water partition coefficient (Wildman–Crippen LogP) is 3.29. The SMILES string of the molecule is Nc1cc(C(=O)c2ccc3c(c2)COC3)ccc1Br. The van der Waals surface area contributed by atoms with Crippen LogP contribution in [-0.4, -0.2) is 5.78 Å². The van der Waals surface area contributed by atoms with Crippen molar-refractivity contribution in [2.45, 2.75) is 13.2 Å². The fourth-order valence-electron chi connectivity index (χ4n) is 2.16. The van der Waals surface area contributed by atoms with Gasteiger partial charge in [-0.05, 0) is 51.3 Å². The van der Waals surface area contributed by atoms with Crippen molar-refractivity contribution >= 4 is 27.4 Å². The van der Waals surface area contributed by atoms with Gasteiger partial charge in [0.05, 0.1) is 13.2 Å². The molecular weight excluding hydrogens is 306 g/mol. The van der Waals surface area contributed by atoms with Gasteiger partial charge in [-0.1, -0.05) is 12.1 Å². The minimum atomic E-state index is -0.0195. The maximum absolute atomic E-state index is 12.4. The minimum Gasteiger partial charge on any atom is -0.398 e. The van der Waals surface area contributed by atoms with Gasteiger partial charge < -0.3 is 10.5 Å². The fourth-order valence-corrected chi connectivity index (χ4v) is 2.41. The third-order valence-corrected chi connectivity index (χ3v) is 3.96. The van der Waals surface area contributed by atoms with Gasteiger partial charge in [-0.25, -0.2) is 0 Å². The zero-order valence-corrected chi connectivity index (χ0v) is 11.7. The molecule has 1 heterocycles. The van der Waals surface area contributed by atoms with E-state index >= 15 is 0 Å². The van der Waals surface area contributed by atoms with Crippen LogP contribution in [0, 0.1) is 0 Å². The summed E-state index contributed by atoms with van der Waals surface area (Å²) in [6, 6.07) is 11.0. The molecule has 0 spiro atoms. The summed E-state index contributed by atoms with van der Waals surface area (Å²) >= 11 is 3.32. The number of nitrogen functional groups attached to an aromatic ring is 1. The molecule has 4 heteroatoms. The van der Waals surface area contributed by atoms with Crippen molar-refractivity contribution in [3.05, 3.63) is 63.1 Å². The Bertz CT molecular complexity index is 667. The number of benzene rings is 2. The first-order chi connectivity index (χ1) is 9.15. The molecule has 2 aromatic carbocycles. The van der Waals surface area contributed by atoms with Crippen LogP contribution < -0.4 is 5.73 Å². The molecule has 2 aromatic rings. The molecule has 3 nitrogen and oxygen atoms in total. The van der Waals surface area contributed by atoms with E-state index in [0.717, 1.165) is 15.6 Å². The molecule has 0 unspecified atom stereocenters. The van der Waals surface area contributed by atoms with Crippen molar-refractivity contribution in [2.24, 2.45) is 0 Å². The van der Waals surface area contributed by atoms with Gasteiger partial charge in [-0.15, -0.1) is 0 Å². The van der Waals surface area contributed by atoms with E-state index in [4.69, 9.17) is 10.5 Å². The van der Waals surface area contributed by atoms with Crippen molar-refractivity contribution in [3.8, 4) is 0 Å². The van der Waals surface area contributed by atoms with Crippen LogP contribution in [0.15, 0.2) is 40.9 Å². The van der Waals surface area contributed by atoms with Crippen LogP contribution in [0.2, 0.25) is 0 Å². The Morgan fingerprint density at radius 3 is 2.53 bits per heavy atom. The number of ketones is 1. The lowest BCUT2D eigenvalue weighted by Crippen LogP contribution is -2.03. The Morgan fingerprint density at radius 1 is 1.05 bits per heavy atom. The number of hydrogen-bond acceptors (Lipinski definition) is 3.